The first kappa shape index (κ1) is 13.6. The van der Waals surface area contributed by atoms with Crippen LogP contribution in [-0.4, -0.2) is 16.1 Å². The van der Waals surface area contributed by atoms with E-state index in [1.54, 1.807) is 0 Å². The average Bonchev–Trinajstić information content (AvgIpc) is 2.37. The molecule has 3 N–H and O–H groups in total. The molecule has 0 aliphatic carbocycles. The van der Waals surface area contributed by atoms with Crippen molar-refractivity contribution in [2.45, 2.75) is 20.0 Å². The number of hydrogen-bond acceptors (Lipinski definition) is 5. The van der Waals surface area contributed by atoms with Gasteiger partial charge in [-0.15, -0.1) is 0 Å². The van der Waals surface area contributed by atoms with Gasteiger partial charge in [0.25, 0.3) is 0 Å². The highest BCUT2D eigenvalue weighted by molar-refractivity contribution is 9.10. The van der Waals surface area contributed by atoms with Crippen LogP contribution in [0.5, 0.6) is 5.75 Å². The van der Waals surface area contributed by atoms with Crippen LogP contribution in [0.25, 0.3) is 0 Å². The Bertz CT molecular complexity index is 557. The van der Waals surface area contributed by atoms with Crippen LogP contribution in [0.2, 0.25) is 0 Å². The van der Waals surface area contributed by atoms with Crippen molar-refractivity contribution in [3.63, 3.8) is 0 Å². The van der Waals surface area contributed by atoms with Crippen LogP contribution >= 0.6 is 15.9 Å². The van der Waals surface area contributed by atoms with Crippen molar-refractivity contribution in [1.29, 1.82) is 0 Å². The molecule has 0 amide bonds. The third-order valence-electron chi connectivity index (χ3n) is 2.31. The van der Waals surface area contributed by atoms with Crippen molar-refractivity contribution >= 4 is 33.3 Å². The molecule has 0 fully saturated rings. The first-order chi connectivity index (χ1) is 9.06. The third kappa shape index (κ3) is 3.57. The normalized spacial score (nSPS) is 10.5. The molecule has 0 saturated heterocycles. The number of nitrogens with two attached hydrogens (primary N) is 1. The summed E-state index contributed by atoms with van der Waals surface area (Å²) in [6, 6.07) is 7.65. The Kier molecular flexibility index (Phi) is 4.21. The molecule has 1 aromatic carbocycles. The second-order valence-corrected chi connectivity index (χ2v) is 5.03. The standard InChI is InChI=1S/C13H15BrN4O/c1-8(2)19-10-5-3-9(4-6-10)18-13-11(14)12(15)16-7-17-13/h3-8H,1-2H3,(H3,15,16,17,18). The summed E-state index contributed by atoms with van der Waals surface area (Å²) in [5.41, 5.74) is 6.59. The summed E-state index contributed by atoms with van der Waals surface area (Å²) in [5.74, 6) is 1.86. The topological polar surface area (TPSA) is 73.1 Å². The maximum Gasteiger partial charge on any atom is 0.150 e. The first-order valence-corrected chi connectivity index (χ1v) is 6.65. The number of nitrogens with one attached hydrogen (secondary N) is 1. The van der Waals surface area contributed by atoms with E-state index in [0.717, 1.165) is 11.4 Å². The molecule has 0 atom stereocenters. The highest BCUT2D eigenvalue weighted by Crippen LogP contribution is 2.27. The van der Waals surface area contributed by atoms with Crippen molar-refractivity contribution in [3.8, 4) is 5.75 Å². The highest BCUT2D eigenvalue weighted by Gasteiger charge is 2.06. The molecule has 0 radical (unpaired) electrons. The highest BCUT2D eigenvalue weighted by atomic mass is 79.9. The molecule has 5 nitrogen and oxygen atoms in total. The van der Waals surface area contributed by atoms with Gasteiger partial charge in [-0.3, -0.25) is 0 Å². The molecule has 6 heteroatoms. The van der Waals surface area contributed by atoms with Crippen LogP contribution in [-0.2, 0) is 0 Å². The van der Waals surface area contributed by atoms with Crippen LogP contribution in [0, 0.1) is 0 Å². The number of anilines is 3. The zero-order chi connectivity index (χ0) is 13.8. The summed E-state index contributed by atoms with van der Waals surface area (Å²) >= 11 is 3.35. The Morgan fingerprint density at radius 3 is 2.53 bits per heavy atom. The minimum atomic E-state index is 0.162. The van der Waals surface area contributed by atoms with Gasteiger partial charge in [0.05, 0.1) is 6.10 Å². The lowest BCUT2D eigenvalue weighted by Crippen LogP contribution is -2.05. The number of aromatic nitrogens is 2. The maximum atomic E-state index is 5.70. The molecule has 2 rings (SSSR count). The van der Waals surface area contributed by atoms with Crippen LogP contribution in [0.4, 0.5) is 17.3 Å². The van der Waals surface area contributed by atoms with E-state index in [-0.39, 0.29) is 6.10 Å². The minimum absolute atomic E-state index is 0.162. The van der Waals surface area contributed by atoms with Crippen molar-refractivity contribution in [2.24, 2.45) is 0 Å². The Hall–Kier alpha value is -1.82. The van der Waals surface area contributed by atoms with Gasteiger partial charge in [-0.2, -0.15) is 0 Å². The number of halogens is 1. The lowest BCUT2D eigenvalue weighted by atomic mass is 10.3. The summed E-state index contributed by atoms with van der Waals surface area (Å²) in [4.78, 5) is 8.01. The summed E-state index contributed by atoms with van der Waals surface area (Å²) in [6.45, 7) is 3.99. The Morgan fingerprint density at radius 2 is 1.89 bits per heavy atom. The van der Waals surface area contributed by atoms with Gasteiger partial charge in [0.15, 0.2) is 0 Å². The Labute approximate surface area is 120 Å². The van der Waals surface area contributed by atoms with Gasteiger partial charge in [-0.25, -0.2) is 9.97 Å². The number of rotatable bonds is 4. The van der Waals surface area contributed by atoms with E-state index in [0.29, 0.717) is 16.1 Å². The lowest BCUT2D eigenvalue weighted by Gasteiger charge is -2.11. The molecule has 0 unspecified atom stereocenters. The zero-order valence-electron chi connectivity index (χ0n) is 10.7. The summed E-state index contributed by atoms with van der Waals surface area (Å²) < 4.78 is 6.23. The van der Waals surface area contributed by atoms with E-state index in [4.69, 9.17) is 10.5 Å². The second-order valence-electron chi connectivity index (χ2n) is 4.24. The van der Waals surface area contributed by atoms with E-state index in [1.807, 2.05) is 38.1 Å². The molecular formula is C13H15BrN4O. The van der Waals surface area contributed by atoms with E-state index < -0.39 is 0 Å². The number of benzene rings is 1. The summed E-state index contributed by atoms with van der Waals surface area (Å²) in [6.07, 6.45) is 1.58. The fourth-order valence-corrected chi connectivity index (χ4v) is 1.80. The zero-order valence-corrected chi connectivity index (χ0v) is 12.3. The van der Waals surface area contributed by atoms with Gasteiger partial charge in [-0.05, 0) is 54.0 Å². The van der Waals surface area contributed by atoms with E-state index in [9.17, 15) is 0 Å². The molecule has 2 aromatic rings. The van der Waals surface area contributed by atoms with Crippen LogP contribution in [0.15, 0.2) is 35.1 Å². The number of nitrogen functional groups attached to an aromatic ring is 1. The maximum absolute atomic E-state index is 5.70. The Balaban J connectivity index is 2.13. The van der Waals surface area contributed by atoms with Gasteiger partial charge >= 0.3 is 0 Å². The molecule has 1 heterocycles. The van der Waals surface area contributed by atoms with Crippen molar-refractivity contribution < 1.29 is 4.74 Å². The van der Waals surface area contributed by atoms with E-state index in [2.05, 4.69) is 31.2 Å². The van der Waals surface area contributed by atoms with Crippen molar-refractivity contribution in [2.75, 3.05) is 11.1 Å². The van der Waals surface area contributed by atoms with Crippen LogP contribution in [0.3, 0.4) is 0 Å². The lowest BCUT2D eigenvalue weighted by molar-refractivity contribution is 0.242. The predicted molar refractivity (Wildman–Crippen MR) is 79.6 cm³/mol. The third-order valence-corrected chi connectivity index (χ3v) is 3.09. The molecule has 100 valence electrons. The molecule has 19 heavy (non-hydrogen) atoms. The number of ether oxygens (including phenoxy) is 1. The molecule has 0 aliphatic heterocycles. The number of hydrogen-bond donors (Lipinski definition) is 2. The summed E-state index contributed by atoms with van der Waals surface area (Å²) in [5, 5.41) is 3.16. The predicted octanol–water partition coefficient (Wildman–Crippen LogP) is 3.35. The quantitative estimate of drug-likeness (QED) is 0.903. The molecule has 1 aromatic heterocycles. The van der Waals surface area contributed by atoms with E-state index >= 15 is 0 Å². The van der Waals surface area contributed by atoms with Gasteiger partial charge < -0.3 is 15.8 Å². The smallest absolute Gasteiger partial charge is 0.150 e. The van der Waals surface area contributed by atoms with Crippen LogP contribution < -0.4 is 15.8 Å². The fourth-order valence-electron chi connectivity index (χ4n) is 1.50. The largest absolute Gasteiger partial charge is 0.491 e. The number of nitrogens with zero attached hydrogens (tertiary/aromatic N) is 2. The van der Waals surface area contributed by atoms with Crippen molar-refractivity contribution in [1.82, 2.24) is 9.97 Å². The Morgan fingerprint density at radius 1 is 1.21 bits per heavy atom. The minimum Gasteiger partial charge on any atom is -0.491 e. The van der Waals surface area contributed by atoms with Gasteiger partial charge in [0.2, 0.25) is 0 Å². The molecular weight excluding hydrogens is 308 g/mol. The fraction of sp³-hybridized carbons (Fsp3) is 0.231. The summed E-state index contributed by atoms with van der Waals surface area (Å²) in [7, 11) is 0. The van der Waals surface area contributed by atoms with Gasteiger partial charge in [0, 0.05) is 5.69 Å². The van der Waals surface area contributed by atoms with E-state index in [1.165, 1.54) is 6.33 Å². The monoisotopic (exact) mass is 322 g/mol. The van der Waals surface area contributed by atoms with Crippen molar-refractivity contribution in [3.05, 3.63) is 35.1 Å². The van der Waals surface area contributed by atoms with Crippen LogP contribution in [0.1, 0.15) is 13.8 Å². The van der Waals surface area contributed by atoms with Gasteiger partial charge in [-0.1, -0.05) is 0 Å². The second kappa shape index (κ2) is 5.88. The average molecular weight is 323 g/mol. The molecule has 0 saturated carbocycles. The SMILES string of the molecule is CC(C)Oc1ccc(Nc2ncnc(N)c2Br)cc1. The van der Waals surface area contributed by atoms with Gasteiger partial charge in [0.1, 0.15) is 28.2 Å². The molecule has 0 aliphatic rings. The first-order valence-electron chi connectivity index (χ1n) is 5.86. The molecule has 0 spiro atoms. The molecule has 0 bridgehead atoms.